The Labute approximate surface area is 158 Å². The minimum Gasteiger partial charge on any atom is -0.493 e. The third-order valence-corrected chi connectivity index (χ3v) is 4.72. The molecule has 10 heteroatoms. The van der Waals surface area contributed by atoms with E-state index in [0.29, 0.717) is 42.5 Å². The van der Waals surface area contributed by atoms with Crippen molar-refractivity contribution < 1.29 is 22.6 Å². The van der Waals surface area contributed by atoms with Crippen molar-refractivity contribution in [2.24, 2.45) is 0 Å². The van der Waals surface area contributed by atoms with Gasteiger partial charge in [0.05, 0.1) is 14.2 Å². The maximum Gasteiger partial charge on any atom is 0.453 e. The van der Waals surface area contributed by atoms with Crippen LogP contribution >= 0.6 is 0 Å². The van der Waals surface area contributed by atoms with Crippen LogP contribution < -0.4 is 14.4 Å². The largest absolute Gasteiger partial charge is 0.493 e. The van der Waals surface area contributed by atoms with Crippen molar-refractivity contribution in [3.8, 4) is 11.5 Å². The molecule has 2 aromatic heterocycles. The predicted octanol–water partition coefficient (Wildman–Crippen LogP) is 3.03. The normalized spacial score (nSPS) is 14.3. The lowest BCUT2D eigenvalue weighted by Crippen LogP contribution is -2.32. The molecule has 1 aliphatic rings. The van der Waals surface area contributed by atoms with Gasteiger partial charge in [0.2, 0.25) is 0 Å². The molecule has 28 heavy (non-hydrogen) atoms. The molecule has 0 saturated heterocycles. The molecule has 148 valence electrons. The van der Waals surface area contributed by atoms with Crippen LogP contribution in [0.4, 0.5) is 19.0 Å². The second-order valence-electron chi connectivity index (χ2n) is 6.55. The number of benzene rings is 1. The standard InChI is InChI=1S/C18H18F3N5O2/c1-10-6-15(26-17(22-10)23-16(24-26)18(19,20)21)25-5-4-11-7-13(27-2)14(28-3)8-12(11)9-25/h6-8H,4-5,9H2,1-3H3. The molecule has 0 bridgehead atoms. The maximum absolute atomic E-state index is 13.0. The van der Waals surface area contributed by atoms with Gasteiger partial charge in [0.25, 0.3) is 11.6 Å². The van der Waals surface area contributed by atoms with Gasteiger partial charge in [-0.3, -0.25) is 0 Å². The molecule has 4 rings (SSSR count). The second-order valence-corrected chi connectivity index (χ2v) is 6.55. The predicted molar refractivity (Wildman–Crippen MR) is 94.8 cm³/mol. The Morgan fingerprint density at radius 3 is 2.32 bits per heavy atom. The molecule has 1 aliphatic heterocycles. The summed E-state index contributed by atoms with van der Waals surface area (Å²) in [6, 6.07) is 5.55. The highest BCUT2D eigenvalue weighted by Crippen LogP contribution is 2.35. The van der Waals surface area contributed by atoms with E-state index < -0.39 is 12.0 Å². The van der Waals surface area contributed by atoms with Crippen molar-refractivity contribution in [3.05, 3.63) is 40.8 Å². The van der Waals surface area contributed by atoms with E-state index in [1.165, 1.54) is 0 Å². The highest BCUT2D eigenvalue weighted by molar-refractivity contribution is 5.54. The number of rotatable bonds is 3. The van der Waals surface area contributed by atoms with Crippen LogP contribution in [0.25, 0.3) is 5.78 Å². The Morgan fingerprint density at radius 1 is 1.00 bits per heavy atom. The fraction of sp³-hybridized carbons (Fsp3) is 0.389. The molecule has 0 radical (unpaired) electrons. The second kappa shape index (κ2) is 6.54. The number of aromatic nitrogens is 4. The van der Waals surface area contributed by atoms with E-state index in [-0.39, 0.29) is 5.78 Å². The average Bonchev–Trinajstić information content (AvgIpc) is 3.10. The van der Waals surface area contributed by atoms with E-state index in [2.05, 4.69) is 15.1 Å². The molecule has 0 fully saturated rings. The van der Waals surface area contributed by atoms with Gasteiger partial charge in [-0.25, -0.2) is 4.98 Å². The SMILES string of the molecule is COc1cc2c(cc1OC)CN(c1cc(C)nc3nc(C(F)(F)F)nn13)CC2. The molecule has 3 heterocycles. The molecular weight excluding hydrogens is 375 g/mol. The van der Waals surface area contributed by atoms with Crippen molar-refractivity contribution >= 4 is 11.6 Å². The van der Waals surface area contributed by atoms with Crippen LogP contribution in [-0.4, -0.2) is 40.3 Å². The van der Waals surface area contributed by atoms with Crippen LogP contribution in [0.2, 0.25) is 0 Å². The van der Waals surface area contributed by atoms with Crippen LogP contribution in [0, 0.1) is 6.92 Å². The Morgan fingerprint density at radius 2 is 1.68 bits per heavy atom. The highest BCUT2D eigenvalue weighted by Gasteiger charge is 2.37. The molecule has 0 aliphatic carbocycles. The number of nitrogens with zero attached hydrogens (tertiary/aromatic N) is 5. The molecule has 0 spiro atoms. The van der Waals surface area contributed by atoms with Gasteiger partial charge in [-0.2, -0.15) is 22.7 Å². The van der Waals surface area contributed by atoms with Crippen LogP contribution in [0.15, 0.2) is 18.2 Å². The first kappa shape index (κ1) is 18.3. The first-order chi connectivity index (χ1) is 13.3. The zero-order valence-corrected chi connectivity index (χ0v) is 15.5. The fourth-order valence-electron chi connectivity index (χ4n) is 3.39. The van der Waals surface area contributed by atoms with Gasteiger partial charge >= 0.3 is 6.18 Å². The topological polar surface area (TPSA) is 64.8 Å². The fourth-order valence-corrected chi connectivity index (χ4v) is 3.39. The Balaban J connectivity index is 1.76. The maximum atomic E-state index is 13.0. The molecule has 1 aromatic carbocycles. The van der Waals surface area contributed by atoms with Gasteiger partial charge in [-0.15, -0.1) is 5.10 Å². The first-order valence-corrected chi connectivity index (χ1v) is 8.60. The summed E-state index contributed by atoms with van der Waals surface area (Å²) in [5.41, 5.74) is 2.70. The van der Waals surface area contributed by atoms with Gasteiger partial charge in [0.1, 0.15) is 5.82 Å². The summed E-state index contributed by atoms with van der Waals surface area (Å²) in [7, 11) is 3.15. The van der Waals surface area contributed by atoms with E-state index in [9.17, 15) is 13.2 Å². The van der Waals surface area contributed by atoms with Crippen LogP contribution in [0.1, 0.15) is 22.6 Å². The summed E-state index contributed by atoms with van der Waals surface area (Å²) in [4.78, 5) is 9.60. The molecule has 0 saturated carbocycles. The Bertz CT molecular complexity index is 1050. The summed E-state index contributed by atoms with van der Waals surface area (Å²) in [5.74, 6) is 0.518. The lowest BCUT2D eigenvalue weighted by atomic mass is 9.99. The molecule has 0 amide bonds. The molecule has 0 unspecified atom stereocenters. The summed E-state index contributed by atoms with van der Waals surface area (Å²) < 4.78 is 51.0. The minimum atomic E-state index is -4.63. The van der Waals surface area contributed by atoms with Gasteiger partial charge in [-0.1, -0.05) is 0 Å². The number of alkyl halides is 3. The van der Waals surface area contributed by atoms with E-state index in [1.807, 2.05) is 17.0 Å². The van der Waals surface area contributed by atoms with Gasteiger partial charge < -0.3 is 14.4 Å². The average molecular weight is 393 g/mol. The quantitative estimate of drug-likeness (QED) is 0.682. The zero-order valence-electron chi connectivity index (χ0n) is 15.5. The summed E-state index contributed by atoms with van der Waals surface area (Å²) >= 11 is 0. The van der Waals surface area contributed by atoms with Gasteiger partial charge in [0.15, 0.2) is 11.5 Å². The Kier molecular flexibility index (Phi) is 4.28. The van der Waals surface area contributed by atoms with Crippen molar-refractivity contribution in [3.63, 3.8) is 0 Å². The van der Waals surface area contributed by atoms with E-state index in [1.54, 1.807) is 27.2 Å². The third-order valence-electron chi connectivity index (χ3n) is 4.72. The van der Waals surface area contributed by atoms with Crippen molar-refractivity contribution in [1.82, 2.24) is 19.6 Å². The summed E-state index contributed by atoms with van der Waals surface area (Å²) in [5, 5.41) is 3.65. The minimum absolute atomic E-state index is 0.0690. The lowest BCUT2D eigenvalue weighted by molar-refractivity contribution is -0.144. The summed E-state index contributed by atoms with van der Waals surface area (Å²) in [6.45, 7) is 2.83. The third kappa shape index (κ3) is 3.08. The number of anilines is 1. The van der Waals surface area contributed by atoms with Crippen molar-refractivity contribution in [2.75, 3.05) is 25.7 Å². The molecule has 3 aromatic rings. The highest BCUT2D eigenvalue weighted by atomic mass is 19.4. The van der Waals surface area contributed by atoms with Gasteiger partial charge in [0, 0.05) is 24.8 Å². The van der Waals surface area contributed by atoms with Crippen LogP contribution in [-0.2, 0) is 19.1 Å². The molecule has 7 nitrogen and oxygen atoms in total. The number of hydrogen-bond donors (Lipinski definition) is 0. The first-order valence-electron chi connectivity index (χ1n) is 8.60. The number of fused-ring (bicyclic) bond motifs is 2. The number of ether oxygens (including phenoxy) is 2. The van der Waals surface area contributed by atoms with E-state index in [4.69, 9.17) is 9.47 Å². The van der Waals surface area contributed by atoms with E-state index in [0.717, 1.165) is 15.6 Å². The van der Waals surface area contributed by atoms with E-state index >= 15 is 0 Å². The zero-order chi connectivity index (χ0) is 20.1. The number of halogens is 3. The number of aryl methyl sites for hydroxylation is 1. The molecule has 0 atom stereocenters. The summed E-state index contributed by atoms with van der Waals surface area (Å²) in [6.07, 6.45) is -3.92. The Hall–Kier alpha value is -3.04. The lowest BCUT2D eigenvalue weighted by Gasteiger charge is -2.31. The van der Waals surface area contributed by atoms with Crippen LogP contribution in [0.3, 0.4) is 0 Å². The van der Waals surface area contributed by atoms with Gasteiger partial charge in [-0.05, 0) is 36.6 Å². The van der Waals surface area contributed by atoms with Crippen molar-refractivity contribution in [2.45, 2.75) is 26.1 Å². The molecular formula is C18H18F3N5O2. The van der Waals surface area contributed by atoms with Crippen LogP contribution in [0.5, 0.6) is 11.5 Å². The monoisotopic (exact) mass is 393 g/mol. The number of methoxy groups -OCH3 is 2. The smallest absolute Gasteiger partial charge is 0.453 e. The number of hydrogen-bond acceptors (Lipinski definition) is 6. The molecule has 0 N–H and O–H groups in total. The van der Waals surface area contributed by atoms with Crippen molar-refractivity contribution in [1.29, 1.82) is 0 Å².